The summed E-state index contributed by atoms with van der Waals surface area (Å²) in [5, 5.41) is 1.38. The summed E-state index contributed by atoms with van der Waals surface area (Å²) in [6, 6.07) is 15.6. The van der Waals surface area contributed by atoms with Crippen molar-refractivity contribution in [3.63, 3.8) is 0 Å². The van der Waals surface area contributed by atoms with Gasteiger partial charge >= 0.3 is 0 Å². The van der Waals surface area contributed by atoms with Crippen molar-refractivity contribution in [1.82, 2.24) is 5.06 Å². The Hall–Kier alpha value is -2.21. The minimum atomic E-state index is -0.146. The predicted octanol–water partition coefficient (Wildman–Crippen LogP) is 2.22. The first-order valence-corrected chi connectivity index (χ1v) is 7.70. The monoisotopic (exact) mass is 312 g/mol. The Labute approximate surface area is 135 Å². The van der Waals surface area contributed by atoms with Crippen molar-refractivity contribution in [3.05, 3.63) is 59.7 Å². The average molecular weight is 312 g/mol. The number of hydrogen-bond donors (Lipinski definition) is 1. The molecule has 3 rings (SSSR count). The lowest BCUT2D eigenvalue weighted by Gasteiger charge is -2.18. The fraction of sp³-hybridized carbons (Fsp3) is 0.278. The van der Waals surface area contributed by atoms with Crippen molar-refractivity contribution in [1.29, 1.82) is 0 Å². The van der Waals surface area contributed by atoms with E-state index in [1.807, 2.05) is 42.5 Å². The quantitative estimate of drug-likeness (QED) is 0.944. The molecule has 0 spiro atoms. The number of hydroxylamine groups is 2. The van der Waals surface area contributed by atoms with Crippen LogP contribution in [0.25, 0.3) is 11.1 Å². The zero-order valence-electron chi connectivity index (χ0n) is 12.9. The van der Waals surface area contributed by atoms with Crippen LogP contribution in [0.3, 0.4) is 0 Å². The SMILES string of the molecule is NCc1cccc(-c2cccc(C(=O)N3CCOCCO3)c2)c1. The number of nitrogens with two attached hydrogens (primary N) is 1. The molecule has 0 saturated carbocycles. The molecular formula is C18H20N2O3. The van der Waals surface area contributed by atoms with Gasteiger partial charge in [-0.25, -0.2) is 5.06 Å². The smallest absolute Gasteiger partial charge is 0.277 e. The minimum Gasteiger partial charge on any atom is -0.377 e. The molecule has 1 aliphatic heterocycles. The molecule has 0 unspecified atom stereocenters. The van der Waals surface area contributed by atoms with Crippen LogP contribution in [0.5, 0.6) is 0 Å². The van der Waals surface area contributed by atoms with Gasteiger partial charge < -0.3 is 10.5 Å². The van der Waals surface area contributed by atoms with E-state index < -0.39 is 0 Å². The summed E-state index contributed by atoms with van der Waals surface area (Å²) >= 11 is 0. The summed E-state index contributed by atoms with van der Waals surface area (Å²) in [5.41, 5.74) is 9.39. The Morgan fingerprint density at radius 2 is 1.83 bits per heavy atom. The van der Waals surface area contributed by atoms with Gasteiger partial charge in [-0.1, -0.05) is 30.3 Å². The highest BCUT2D eigenvalue weighted by Crippen LogP contribution is 2.22. The maximum absolute atomic E-state index is 12.6. The molecule has 1 fully saturated rings. The van der Waals surface area contributed by atoms with E-state index in [0.717, 1.165) is 16.7 Å². The van der Waals surface area contributed by atoms with Crippen LogP contribution in [0.2, 0.25) is 0 Å². The number of carbonyl (C=O) groups is 1. The Morgan fingerprint density at radius 1 is 1.04 bits per heavy atom. The molecular weight excluding hydrogens is 292 g/mol. The van der Waals surface area contributed by atoms with Gasteiger partial charge in [0, 0.05) is 12.1 Å². The van der Waals surface area contributed by atoms with Gasteiger partial charge in [-0.3, -0.25) is 9.63 Å². The molecule has 1 saturated heterocycles. The van der Waals surface area contributed by atoms with Crippen LogP contribution < -0.4 is 5.73 Å². The topological polar surface area (TPSA) is 64.8 Å². The van der Waals surface area contributed by atoms with E-state index in [-0.39, 0.29) is 5.91 Å². The maximum Gasteiger partial charge on any atom is 0.277 e. The number of benzene rings is 2. The molecule has 0 aliphatic carbocycles. The highest BCUT2D eigenvalue weighted by Gasteiger charge is 2.19. The van der Waals surface area contributed by atoms with Crippen molar-refractivity contribution in [3.8, 4) is 11.1 Å². The Bertz CT molecular complexity index is 679. The van der Waals surface area contributed by atoms with Crippen LogP contribution >= 0.6 is 0 Å². The van der Waals surface area contributed by atoms with Gasteiger partial charge in [-0.05, 0) is 34.9 Å². The second-order valence-corrected chi connectivity index (χ2v) is 5.34. The summed E-state index contributed by atoms with van der Waals surface area (Å²) in [6.07, 6.45) is 0. The van der Waals surface area contributed by atoms with Gasteiger partial charge in [0.05, 0.1) is 26.4 Å². The van der Waals surface area contributed by atoms with Gasteiger partial charge in [0.1, 0.15) is 0 Å². The zero-order chi connectivity index (χ0) is 16.1. The Kier molecular flexibility index (Phi) is 5.02. The lowest BCUT2D eigenvalue weighted by atomic mass is 10.0. The van der Waals surface area contributed by atoms with Crippen molar-refractivity contribution >= 4 is 5.91 Å². The molecule has 2 N–H and O–H groups in total. The number of ether oxygens (including phenoxy) is 1. The zero-order valence-corrected chi connectivity index (χ0v) is 12.9. The second kappa shape index (κ2) is 7.37. The van der Waals surface area contributed by atoms with E-state index in [4.69, 9.17) is 15.3 Å². The molecule has 1 aliphatic rings. The summed E-state index contributed by atoms with van der Waals surface area (Å²) in [6.45, 7) is 2.32. The van der Waals surface area contributed by atoms with Crippen LogP contribution in [0.4, 0.5) is 0 Å². The molecule has 2 aromatic carbocycles. The molecule has 5 heteroatoms. The van der Waals surface area contributed by atoms with E-state index in [1.165, 1.54) is 5.06 Å². The summed E-state index contributed by atoms with van der Waals surface area (Å²) in [4.78, 5) is 18.0. The summed E-state index contributed by atoms with van der Waals surface area (Å²) < 4.78 is 5.30. The van der Waals surface area contributed by atoms with Crippen LogP contribution in [0.1, 0.15) is 15.9 Å². The molecule has 120 valence electrons. The highest BCUT2D eigenvalue weighted by atomic mass is 16.7. The predicted molar refractivity (Wildman–Crippen MR) is 87.6 cm³/mol. The first-order valence-electron chi connectivity index (χ1n) is 7.70. The van der Waals surface area contributed by atoms with Crippen molar-refractivity contribution in [2.45, 2.75) is 6.54 Å². The number of amides is 1. The Balaban J connectivity index is 1.85. The average Bonchev–Trinajstić information content (AvgIpc) is 2.90. The molecule has 0 bridgehead atoms. The van der Waals surface area contributed by atoms with E-state index in [0.29, 0.717) is 38.5 Å². The minimum absolute atomic E-state index is 0.146. The molecule has 5 nitrogen and oxygen atoms in total. The van der Waals surface area contributed by atoms with Crippen LogP contribution in [-0.2, 0) is 16.1 Å². The first-order chi connectivity index (χ1) is 11.3. The number of rotatable bonds is 3. The van der Waals surface area contributed by atoms with Crippen LogP contribution in [0, 0.1) is 0 Å². The Morgan fingerprint density at radius 3 is 2.65 bits per heavy atom. The van der Waals surface area contributed by atoms with Gasteiger partial charge in [-0.15, -0.1) is 0 Å². The molecule has 1 heterocycles. The van der Waals surface area contributed by atoms with E-state index in [2.05, 4.69) is 0 Å². The van der Waals surface area contributed by atoms with Crippen LogP contribution in [0.15, 0.2) is 48.5 Å². The number of carbonyl (C=O) groups excluding carboxylic acids is 1. The van der Waals surface area contributed by atoms with E-state index in [9.17, 15) is 4.79 Å². The normalized spacial score (nSPS) is 15.3. The van der Waals surface area contributed by atoms with Gasteiger partial charge in [-0.2, -0.15) is 0 Å². The van der Waals surface area contributed by atoms with E-state index >= 15 is 0 Å². The first kappa shape index (κ1) is 15.7. The number of nitrogens with zero attached hydrogens (tertiary/aromatic N) is 1. The van der Waals surface area contributed by atoms with Gasteiger partial charge in [0.2, 0.25) is 0 Å². The highest BCUT2D eigenvalue weighted by molar-refractivity contribution is 5.94. The maximum atomic E-state index is 12.6. The molecule has 0 aromatic heterocycles. The summed E-state index contributed by atoms with van der Waals surface area (Å²) in [5.74, 6) is -0.146. The van der Waals surface area contributed by atoms with E-state index in [1.54, 1.807) is 6.07 Å². The summed E-state index contributed by atoms with van der Waals surface area (Å²) in [7, 11) is 0. The third kappa shape index (κ3) is 3.76. The fourth-order valence-corrected chi connectivity index (χ4v) is 2.53. The van der Waals surface area contributed by atoms with Crippen molar-refractivity contribution < 1.29 is 14.4 Å². The lowest BCUT2D eigenvalue weighted by molar-refractivity contribution is -0.112. The fourth-order valence-electron chi connectivity index (χ4n) is 2.53. The lowest BCUT2D eigenvalue weighted by Crippen LogP contribution is -2.32. The standard InChI is InChI=1S/C18H20N2O3/c19-13-14-3-1-4-15(11-14)16-5-2-6-17(12-16)18(21)20-7-8-22-9-10-23-20/h1-6,11-12H,7-10,13,19H2. The van der Waals surface area contributed by atoms with Crippen molar-refractivity contribution in [2.75, 3.05) is 26.4 Å². The molecule has 2 aromatic rings. The second-order valence-electron chi connectivity index (χ2n) is 5.34. The number of hydrogen-bond acceptors (Lipinski definition) is 4. The molecule has 1 amide bonds. The molecule has 0 radical (unpaired) electrons. The third-order valence-corrected chi connectivity index (χ3v) is 3.75. The van der Waals surface area contributed by atoms with Gasteiger partial charge in [0.15, 0.2) is 0 Å². The van der Waals surface area contributed by atoms with Crippen LogP contribution in [-0.4, -0.2) is 37.3 Å². The molecule has 0 atom stereocenters. The molecule has 23 heavy (non-hydrogen) atoms. The van der Waals surface area contributed by atoms with Gasteiger partial charge in [0.25, 0.3) is 5.91 Å². The third-order valence-electron chi connectivity index (χ3n) is 3.75. The largest absolute Gasteiger partial charge is 0.377 e. The van der Waals surface area contributed by atoms with Crippen molar-refractivity contribution in [2.24, 2.45) is 5.73 Å².